The second-order valence-electron chi connectivity index (χ2n) is 6.72. The molecule has 2 heterocycles. The smallest absolute Gasteiger partial charge is 0.263 e. The van der Waals surface area contributed by atoms with E-state index >= 15 is 0 Å². The summed E-state index contributed by atoms with van der Waals surface area (Å²) in [7, 11) is -3.79. The van der Waals surface area contributed by atoms with E-state index in [1.165, 1.54) is 30.5 Å². The number of halogens is 1. The number of carbonyl (C=O) groups excluding carboxylic acids is 1. The first-order chi connectivity index (χ1) is 14.5. The van der Waals surface area contributed by atoms with Gasteiger partial charge in [-0.3, -0.25) is 14.4 Å². The van der Waals surface area contributed by atoms with Gasteiger partial charge in [-0.1, -0.05) is 15.9 Å². The van der Waals surface area contributed by atoms with Gasteiger partial charge in [-0.25, -0.2) is 13.4 Å². The van der Waals surface area contributed by atoms with E-state index in [-0.39, 0.29) is 21.8 Å². The lowest BCUT2D eigenvalue weighted by atomic mass is 10.2. The summed E-state index contributed by atoms with van der Waals surface area (Å²) < 4.78 is 38.5. The van der Waals surface area contributed by atoms with Crippen molar-refractivity contribution in [3.8, 4) is 5.75 Å². The van der Waals surface area contributed by atoms with Crippen LogP contribution in [-0.4, -0.2) is 68.9 Å². The lowest BCUT2D eigenvalue weighted by Crippen LogP contribution is -2.37. The third-order valence-corrected chi connectivity index (χ3v) is 6.45. The molecule has 1 fully saturated rings. The summed E-state index contributed by atoms with van der Waals surface area (Å²) in [5.41, 5.74) is 0.407. The van der Waals surface area contributed by atoms with Crippen LogP contribution in [0.3, 0.4) is 0 Å². The zero-order valence-electron chi connectivity index (χ0n) is 16.4. The number of nitrogens with one attached hydrogen (secondary N) is 1. The molecule has 1 aliphatic heterocycles. The molecule has 0 aliphatic carbocycles. The van der Waals surface area contributed by atoms with Crippen molar-refractivity contribution in [3.63, 3.8) is 0 Å². The molecule has 162 valence electrons. The summed E-state index contributed by atoms with van der Waals surface area (Å²) in [5, 5.41) is 0.182. The fraction of sp³-hybridized carbons (Fsp3) is 0.400. The zero-order chi connectivity index (χ0) is 21.4. The topological polar surface area (TPSA) is 97.8 Å². The SMILES string of the molecule is O=C(CBr)c1ccc(NS(=O)(=O)c2ccc(OCCCN3CCOCC3)cc2)nc1. The Hall–Kier alpha value is -2.01. The standard InChI is InChI=1S/C20H24BrN3O5S/c21-14-19(25)16-2-7-20(22-15-16)23-30(26,27)18-5-3-17(4-6-18)29-11-1-8-24-9-12-28-13-10-24/h2-7,15H,1,8-14H2,(H,22,23). The van der Waals surface area contributed by atoms with E-state index in [0.717, 1.165) is 39.3 Å². The third kappa shape index (κ3) is 6.49. The van der Waals surface area contributed by atoms with Crippen LogP contribution in [0.4, 0.5) is 5.82 Å². The Bertz CT molecular complexity index is 930. The monoisotopic (exact) mass is 497 g/mol. The first-order valence-electron chi connectivity index (χ1n) is 9.59. The molecule has 0 radical (unpaired) electrons. The van der Waals surface area contributed by atoms with Gasteiger partial charge in [0.25, 0.3) is 10.0 Å². The van der Waals surface area contributed by atoms with Crippen molar-refractivity contribution >= 4 is 37.6 Å². The Kier molecular flexibility index (Phi) is 8.20. The highest BCUT2D eigenvalue weighted by molar-refractivity contribution is 9.09. The first-order valence-corrected chi connectivity index (χ1v) is 12.2. The largest absolute Gasteiger partial charge is 0.494 e. The number of hydrogen-bond donors (Lipinski definition) is 1. The number of ether oxygens (including phenoxy) is 2. The number of alkyl halides is 1. The van der Waals surface area contributed by atoms with Crippen molar-refractivity contribution in [3.05, 3.63) is 48.2 Å². The number of anilines is 1. The summed E-state index contributed by atoms with van der Waals surface area (Å²) in [6.07, 6.45) is 2.23. The van der Waals surface area contributed by atoms with Gasteiger partial charge >= 0.3 is 0 Å². The normalized spacial score (nSPS) is 15.0. The number of rotatable bonds is 10. The molecule has 1 saturated heterocycles. The number of pyridine rings is 1. The zero-order valence-corrected chi connectivity index (χ0v) is 18.8. The molecule has 1 aromatic carbocycles. The molecule has 2 aromatic rings. The molecule has 1 aromatic heterocycles. The van der Waals surface area contributed by atoms with Crippen molar-refractivity contribution in [2.24, 2.45) is 0 Å². The van der Waals surface area contributed by atoms with E-state index in [0.29, 0.717) is 17.9 Å². The predicted molar refractivity (Wildman–Crippen MR) is 117 cm³/mol. The predicted octanol–water partition coefficient (Wildman–Crippen LogP) is 2.56. The molecule has 1 N–H and O–H groups in total. The molecular formula is C20H24BrN3O5S. The van der Waals surface area contributed by atoms with Crippen molar-refractivity contribution < 1.29 is 22.7 Å². The van der Waals surface area contributed by atoms with Crippen molar-refractivity contribution in [2.75, 3.05) is 49.5 Å². The summed E-state index contributed by atoms with van der Waals surface area (Å²) in [5.74, 6) is 0.633. The van der Waals surface area contributed by atoms with E-state index in [1.807, 2.05) is 0 Å². The van der Waals surface area contributed by atoms with Crippen LogP contribution in [0.15, 0.2) is 47.5 Å². The van der Waals surface area contributed by atoms with E-state index in [2.05, 4.69) is 30.5 Å². The van der Waals surface area contributed by atoms with Crippen LogP contribution in [-0.2, 0) is 14.8 Å². The van der Waals surface area contributed by atoms with Crippen molar-refractivity contribution in [1.82, 2.24) is 9.88 Å². The van der Waals surface area contributed by atoms with Gasteiger partial charge in [0.2, 0.25) is 0 Å². The highest BCUT2D eigenvalue weighted by Crippen LogP contribution is 2.19. The fourth-order valence-electron chi connectivity index (χ4n) is 2.91. The minimum absolute atomic E-state index is 0.102. The van der Waals surface area contributed by atoms with Crippen LogP contribution in [0.5, 0.6) is 5.75 Å². The maximum absolute atomic E-state index is 12.5. The molecule has 0 bridgehead atoms. The number of ketones is 1. The van der Waals surface area contributed by atoms with Crippen LogP contribution < -0.4 is 9.46 Å². The van der Waals surface area contributed by atoms with Gasteiger partial charge in [-0.2, -0.15) is 0 Å². The summed E-state index contributed by atoms with van der Waals surface area (Å²) >= 11 is 3.09. The molecule has 3 rings (SSSR count). The van der Waals surface area contributed by atoms with Gasteiger partial charge < -0.3 is 9.47 Å². The molecule has 1 aliphatic rings. The second kappa shape index (κ2) is 10.9. The minimum atomic E-state index is -3.79. The Morgan fingerprint density at radius 1 is 1.17 bits per heavy atom. The molecule has 0 saturated carbocycles. The molecular weight excluding hydrogens is 474 g/mol. The van der Waals surface area contributed by atoms with E-state index in [9.17, 15) is 13.2 Å². The average molecular weight is 498 g/mol. The highest BCUT2D eigenvalue weighted by atomic mass is 79.9. The molecule has 0 spiro atoms. The molecule has 0 unspecified atom stereocenters. The Balaban J connectivity index is 1.50. The van der Waals surface area contributed by atoms with E-state index in [4.69, 9.17) is 9.47 Å². The van der Waals surface area contributed by atoms with Crippen LogP contribution in [0.1, 0.15) is 16.8 Å². The molecule has 30 heavy (non-hydrogen) atoms. The molecule has 8 nitrogen and oxygen atoms in total. The Morgan fingerprint density at radius 2 is 1.90 bits per heavy atom. The summed E-state index contributed by atoms with van der Waals surface area (Å²) in [6, 6.07) is 9.23. The van der Waals surface area contributed by atoms with Crippen LogP contribution >= 0.6 is 15.9 Å². The summed E-state index contributed by atoms with van der Waals surface area (Å²) in [6.45, 7) is 4.96. The quantitative estimate of drug-likeness (QED) is 0.306. The number of nitrogens with zero attached hydrogens (tertiary/aromatic N) is 2. The number of hydrogen-bond acceptors (Lipinski definition) is 7. The third-order valence-electron chi connectivity index (χ3n) is 4.57. The Morgan fingerprint density at radius 3 is 2.53 bits per heavy atom. The number of Topliss-reactive ketones (excluding diaryl/α,β-unsaturated/α-hetero) is 1. The van der Waals surface area contributed by atoms with Crippen LogP contribution in [0.25, 0.3) is 0 Å². The van der Waals surface area contributed by atoms with Gasteiger partial charge in [-0.15, -0.1) is 0 Å². The van der Waals surface area contributed by atoms with Gasteiger partial charge in [0.15, 0.2) is 5.78 Å². The van der Waals surface area contributed by atoms with Gasteiger partial charge in [0, 0.05) is 31.4 Å². The Labute approximate surface area is 184 Å². The number of aromatic nitrogens is 1. The summed E-state index contributed by atoms with van der Waals surface area (Å²) in [4.78, 5) is 18.0. The van der Waals surface area contributed by atoms with E-state index in [1.54, 1.807) is 12.1 Å². The van der Waals surface area contributed by atoms with E-state index < -0.39 is 10.0 Å². The highest BCUT2D eigenvalue weighted by Gasteiger charge is 2.15. The first kappa shape index (κ1) is 22.7. The van der Waals surface area contributed by atoms with Crippen LogP contribution in [0.2, 0.25) is 0 Å². The van der Waals surface area contributed by atoms with Crippen LogP contribution in [0, 0.1) is 0 Å². The lowest BCUT2D eigenvalue weighted by Gasteiger charge is -2.26. The number of benzene rings is 1. The second-order valence-corrected chi connectivity index (χ2v) is 8.96. The number of carbonyl (C=O) groups is 1. The van der Waals surface area contributed by atoms with Crippen molar-refractivity contribution in [2.45, 2.75) is 11.3 Å². The molecule has 0 amide bonds. The number of sulfonamides is 1. The average Bonchev–Trinajstić information content (AvgIpc) is 2.77. The van der Waals surface area contributed by atoms with Crippen molar-refractivity contribution in [1.29, 1.82) is 0 Å². The fourth-order valence-corrected chi connectivity index (χ4v) is 4.24. The lowest BCUT2D eigenvalue weighted by molar-refractivity contribution is 0.0358. The molecule has 0 atom stereocenters. The van der Waals surface area contributed by atoms with Gasteiger partial charge in [0.05, 0.1) is 30.0 Å². The maximum atomic E-state index is 12.5. The molecule has 10 heteroatoms. The van der Waals surface area contributed by atoms with Gasteiger partial charge in [-0.05, 0) is 42.8 Å². The maximum Gasteiger partial charge on any atom is 0.263 e. The minimum Gasteiger partial charge on any atom is -0.494 e. The number of morpholine rings is 1. The van der Waals surface area contributed by atoms with Gasteiger partial charge in [0.1, 0.15) is 11.6 Å².